The van der Waals surface area contributed by atoms with Crippen molar-refractivity contribution in [2.45, 2.75) is 39.0 Å². The topological polar surface area (TPSA) is 94.4 Å². The van der Waals surface area contributed by atoms with Crippen LogP contribution in [-0.4, -0.2) is 33.6 Å². The summed E-state index contributed by atoms with van der Waals surface area (Å²) < 4.78 is 9.81. The van der Waals surface area contributed by atoms with E-state index in [2.05, 4.69) is 25.8 Å². The number of rotatable bonds is 4. The number of nitrogens with one attached hydrogen (secondary N) is 2. The smallest absolute Gasteiger partial charge is 0.407 e. The maximum Gasteiger partial charge on any atom is 0.407 e. The van der Waals surface area contributed by atoms with Crippen LogP contribution in [0.15, 0.2) is 91.3 Å². The van der Waals surface area contributed by atoms with Crippen LogP contribution < -0.4 is 10.6 Å². The monoisotopic (exact) mass is 572 g/mol. The summed E-state index contributed by atoms with van der Waals surface area (Å²) >= 11 is 0. The van der Waals surface area contributed by atoms with Gasteiger partial charge in [-0.3, -0.25) is 14.9 Å². The van der Waals surface area contributed by atoms with Gasteiger partial charge >= 0.3 is 6.09 Å². The van der Waals surface area contributed by atoms with Crippen molar-refractivity contribution in [3.8, 4) is 0 Å². The quantitative estimate of drug-likeness (QED) is 0.263. The second-order valence-electron chi connectivity index (χ2n) is 11.3. The van der Waals surface area contributed by atoms with Gasteiger partial charge in [0.25, 0.3) is 11.8 Å². The Morgan fingerprint density at radius 2 is 1.35 bits per heavy atom. The Labute approximate surface area is 248 Å². The highest BCUT2D eigenvalue weighted by molar-refractivity contribution is 6.50. The van der Waals surface area contributed by atoms with Gasteiger partial charge in [-0.1, -0.05) is 66.7 Å². The Kier molecular flexibility index (Phi) is 7.02. The largest absolute Gasteiger partial charge is 0.445 e. The van der Waals surface area contributed by atoms with Gasteiger partial charge in [-0.15, -0.1) is 0 Å². The molecule has 1 atom stereocenters. The molecule has 2 N–H and O–H groups in total. The highest BCUT2D eigenvalue weighted by atomic mass is 16.5. The molecule has 0 saturated carbocycles. The first-order chi connectivity index (χ1) is 21.1. The molecule has 0 aliphatic carbocycles. The fourth-order valence-corrected chi connectivity index (χ4v) is 6.45. The van der Waals surface area contributed by atoms with Gasteiger partial charge in [-0.05, 0) is 42.9 Å². The number of carbonyl (C=O) groups is 3. The van der Waals surface area contributed by atoms with Gasteiger partial charge in [0.1, 0.15) is 6.61 Å². The first-order valence-corrected chi connectivity index (χ1v) is 14.8. The number of hydrogen-bond donors (Lipinski definition) is 2. The number of amides is 3. The summed E-state index contributed by atoms with van der Waals surface area (Å²) in [6.45, 7) is 2.19. The molecule has 0 fully saturated rings. The van der Waals surface area contributed by atoms with Crippen molar-refractivity contribution in [3.05, 3.63) is 108 Å². The molecule has 2 aliphatic rings. The first-order valence-electron chi connectivity index (χ1n) is 14.8. The van der Waals surface area contributed by atoms with E-state index in [0.717, 1.165) is 64.3 Å². The number of imide groups is 1. The van der Waals surface area contributed by atoms with E-state index < -0.39 is 6.09 Å². The van der Waals surface area contributed by atoms with Gasteiger partial charge in [-0.25, -0.2) is 4.79 Å². The fraction of sp³-hybridized carbons (Fsp3) is 0.229. The molecule has 2 aliphatic heterocycles. The zero-order chi connectivity index (χ0) is 29.3. The van der Waals surface area contributed by atoms with Crippen molar-refractivity contribution in [2.75, 3.05) is 6.54 Å². The number of ether oxygens (including phenoxy) is 1. The van der Waals surface area contributed by atoms with Crippen LogP contribution in [0.2, 0.25) is 0 Å². The van der Waals surface area contributed by atoms with Crippen molar-refractivity contribution < 1.29 is 19.1 Å². The minimum absolute atomic E-state index is 0.212. The molecule has 0 radical (unpaired) electrons. The molecule has 1 unspecified atom stereocenters. The van der Waals surface area contributed by atoms with Crippen LogP contribution in [0.3, 0.4) is 0 Å². The van der Waals surface area contributed by atoms with Crippen LogP contribution in [-0.2, 0) is 34.0 Å². The van der Waals surface area contributed by atoms with Crippen LogP contribution in [0.1, 0.15) is 36.0 Å². The molecule has 3 amide bonds. The van der Waals surface area contributed by atoms with Crippen molar-refractivity contribution >= 4 is 50.9 Å². The second kappa shape index (κ2) is 11.3. The van der Waals surface area contributed by atoms with Gasteiger partial charge in [0.05, 0.1) is 11.1 Å². The highest BCUT2D eigenvalue weighted by Crippen LogP contribution is 2.39. The molecule has 0 spiro atoms. The third-order valence-corrected chi connectivity index (χ3v) is 8.58. The standard InChI is InChI=1S/C35H32N4O4/c40-33-31-27-20-38(29-14-6-4-12-25(27)29)17-8-11-23(19-36-35(42)43-22-24-9-2-1-3-10-24)16-18-39-21-28(32(31)34(41)37-33)26-13-5-7-15-30(26)39/h1-7,9-10,12-15,20-21,23H,8,11,16-19,22H2,(H,36,42)(H,37,40,41). The average molecular weight is 573 g/mol. The van der Waals surface area contributed by atoms with E-state index in [1.807, 2.05) is 85.2 Å². The number of aryl methyl sites for hydroxylation is 2. The van der Waals surface area contributed by atoms with Gasteiger partial charge in [0.2, 0.25) is 0 Å². The van der Waals surface area contributed by atoms with Crippen LogP contribution in [0.5, 0.6) is 0 Å². The minimum Gasteiger partial charge on any atom is -0.445 e. The van der Waals surface area contributed by atoms with E-state index in [1.54, 1.807) is 0 Å². The van der Waals surface area contributed by atoms with Crippen LogP contribution in [0.25, 0.3) is 33.0 Å². The van der Waals surface area contributed by atoms with Gasteiger partial charge < -0.3 is 19.2 Å². The van der Waals surface area contributed by atoms with Crippen molar-refractivity contribution in [1.29, 1.82) is 0 Å². The molecular formula is C35H32N4O4. The molecule has 0 saturated heterocycles. The summed E-state index contributed by atoms with van der Waals surface area (Å²) in [7, 11) is 0. The fourth-order valence-electron chi connectivity index (χ4n) is 6.45. The number of carbonyl (C=O) groups excluding carboxylic acids is 3. The molecule has 8 nitrogen and oxygen atoms in total. The molecule has 4 heterocycles. The summed E-state index contributed by atoms with van der Waals surface area (Å²) in [5, 5.41) is 7.43. The van der Waals surface area contributed by atoms with E-state index >= 15 is 0 Å². The Morgan fingerprint density at radius 3 is 2.00 bits per heavy atom. The Hall–Kier alpha value is -5.11. The number of nitrogens with zero attached hydrogens (tertiary/aromatic N) is 2. The maximum absolute atomic E-state index is 13.3. The average Bonchev–Trinajstić information content (AvgIpc) is 3.67. The lowest BCUT2D eigenvalue weighted by atomic mass is 9.95. The van der Waals surface area contributed by atoms with Gasteiger partial charge in [-0.2, -0.15) is 0 Å². The van der Waals surface area contributed by atoms with E-state index in [9.17, 15) is 14.4 Å². The number of fused-ring (bicyclic) bond motifs is 12. The number of hydrogen-bond acceptors (Lipinski definition) is 4. The SMILES string of the molecule is O=C(NCC1CCCn2cc(c3ccccc32)C2=C(C(=O)NC2=O)c2cn(c3ccccc23)CC1)OCc1ccccc1. The zero-order valence-electron chi connectivity index (χ0n) is 23.7. The van der Waals surface area contributed by atoms with Gasteiger partial charge in [0.15, 0.2) is 0 Å². The summed E-state index contributed by atoms with van der Waals surface area (Å²) in [6.07, 6.45) is 6.21. The van der Waals surface area contributed by atoms with Crippen molar-refractivity contribution in [3.63, 3.8) is 0 Å². The Morgan fingerprint density at radius 1 is 0.767 bits per heavy atom. The van der Waals surface area contributed by atoms with Crippen molar-refractivity contribution in [1.82, 2.24) is 19.8 Å². The first kappa shape index (κ1) is 26.8. The third-order valence-electron chi connectivity index (χ3n) is 8.58. The summed E-state index contributed by atoms with van der Waals surface area (Å²) in [4.78, 5) is 39.2. The minimum atomic E-state index is -0.422. The molecule has 4 bridgehead atoms. The van der Waals surface area contributed by atoms with Crippen LogP contribution in [0, 0.1) is 5.92 Å². The summed E-state index contributed by atoms with van der Waals surface area (Å²) in [6, 6.07) is 25.7. The third kappa shape index (κ3) is 5.09. The predicted molar refractivity (Wildman–Crippen MR) is 166 cm³/mol. The maximum atomic E-state index is 13.3. The lowest BCUT2D eigenvalue weighted by molar-refractivity contribution is -0.122. The lowest BCUT2D eigenvalue weighted by Crippen LogP contribution is -2.30. The number of benzene rings is 3. The molecule has 7 rings (SSSR count). The number of aromatic nitrogens is 2. The Bertz CT molecular complexity index is 1900. The van der Waals surface area contributed by atoms with Gasteiger partial charge in [0, 0.05) is 65.0 Å². The second-order valence-corrected chi connectivity index (χ2v) is 11.3. The molecule has 5 aromatic rings. The molecule has 216 valence electrons. The van der Waals surface area contributed by atoms with E-state index in [1.165, 1.54) is 0 Å². The number of para-hydroxylation sites is 2. The molecule has 43 heavy (non-hydrogen) atoms. The summed E-state index contributed by atoms with van der Waals surface area (Å²) in [5.41, 5.74) is 5.33. The van der Waals surface area contributed by atoms with E-state index in [0.29, 0.717) is 24.2 Å². The van der Waals surface area contributed by atoms with E-state index in [-0.39, 0.29) is 24.3 Å². The Balaban J connectivity index is 1.24. The lowest BCUT2D eigenvalue weighted by Gasteiger charge is -2.19. The van der Waals surface area contributed by atoms with E-state index in [4.69, 9.17) is 4.74 Å². The van der Waals surface area contributed by atoms with Crippen molar-refractivity contribution in [2.24, 2.45) is 5.92 Å². The molecular weight excluding hydrogens is 540 g/mol. The van der Waals surface area contributed by atoms with Crippen LogP contribution >= 0.6 is 0 Å². The summed E-state index contributed by atoms with van der Waals surface area (Å²) in [5.74, 6) is -0.524. The normalized spacial score (nSPS) is 17.1. The molecule has 3 aromatic carbocycles. The highest BCUT2D eigenvalue weighted by Gasteiger charge is 2.35. The predicted octanol–water partition coefficient (Wildman–Crippen LogP) is 5.89. The number of alkyl carbamates (subject to hydrolysis) is 1. The zero-order valence-corrected chi connectivity index (χ0v) is 23.7. The molecule has 2 aromatic heterocycles. The molecule has 8 heteroatoms. The van der Waals surface area contributed by atoms with Crippen LogP contribution in [0.4, 0.5) is 4.79 Å².